The maximum absolute atomic E-state index is 13.1. The number of phenols is 1. The highest BCUT2D eigenvalue weighted by molar-refractivity contribution is 5.95. The van der Waals surface area contributed by atoms with Crippen molar-refractivity contribution in [1.82, 2.24) is 31.9 Å². The molecule has 0 heterocycles. The lowest BCUT2D eigenvalue weighted by molar-refractivity contribution is -0.133. The standard InChI is InChI=1S/C30H46N6O8/c1-16(2)12-23(35-20(7)37)30(44)36-24(13-21-8-10-22(38)11-9-21)29(43)32-15-26(40)33-19(6)28(42)34-18(5)27(41)31-14-25(39)17(3)4/h8-11,16-19,23-24,38H,12-15H2,1-7H3,(H,31,41)(H,32,43)(H,33,40)(H,34,42)(H,35,37)(H,36,44). The highest BCUT2D eigenvalue weighted by atomic mass is 16.3. The monoisotopic (exact) mass is 618 g/mol. The molecule has 1 aromatic carbocycles. The molecule has 0 fully saturated rings. The summed E-state index contributed by atoms with van der Waals surface area (Å²) in [5, 5.41) is 24.6. The van der Waals surface area contributed by atoms with Gasteiger partial charge in [-0.15, -0.1) is 0 Å². The van der Waals surface area contributed by atoms with Gasteiger partial charge in [-0.25, -0.2) is 0 Å². The van der Waals surface area contributed by atoms with Crippen LogP contribution in [0.25, 0.3) is 0 Å². The molecule has 244 valence electrons. The minimum Gasteiger partial charge on any atom is -0.508 e. The van der Waals surface area contributed by atoms with E-state index in [2.05, 4.69) is 31.9 Å². The highest BCUT2D eigenvalue weighted by Gasteiger charge is 2.28. The van der Waals surface area contributed by atoms with Crippen molar-refractivity contribution in [2.24, 2.45) is 11.8 Å². The van der Waals surface area contributed by atoms with Gasteiger partial charge in [0.25, 0.3) is 0 Å². The quantitative estimate of drug-likeness (QED) is 0.120. The SMILES string of the molecule is CC(=O)NC(CC(C)C)C(=O)NC(Cc1ccc(O)cc1)C(=O)NCC(=O)NC(C)C(=O)NC(C)C(=O)NCC(=O)C(C)C. The topological polar surface area (TPSA) is 212 Å². The number of hydrogen-bond acceptors (Lipinski definition) is 8. The predicted molar refractivity (Wildman–Crippen MR) is 162 cm³/mol. The number of phenolic OH excluding ortho intramolecular Hbond substituents is 1. The number of nitrogens with one attached hydrogen (secondary N) is 6. The molecule has 0 aliphatic rings. The van der Waals surface area contributed by atoms with Gasteiger partial charge in [-0.3, -0.25) is 33.6 Å². The third kappa shape index (κ3) is 14.1. The third-order valence-electron chi connectivity index (χ3n) is 6.44. The van der Waals surface area contributed by atoms with Gasteiger partial charge in [0, 0.05) is 19.3 Å². The van der Waals surface area contributed by atoms with Crippen LogP contribution < -0.4 is 31.9 Å². The van der Waals surface area contributed by atoms with Crippen LogP contribution in [0.5, 0.6) is 5.75 Å². The van der Waals surface area contributed by atoms with E-state index in [1.54, 1.807) is 26.0 Å². The first-order valence-electron chi connectivity index (χ1n) is 14.5. The zero-order valence-electron chi connectivity index (χ0n) is 26.4. The van der Waals surface area contributed by atoms with E-state index in [-0.39, 0.29) is 36.3 Å². The number of carbonyl (C=O) groups excluding carboxylic acids is 7. The molecule has 1 aromatic rings. The van der Waals surface area contributed by atoms with E-state index in [1.807, 2.05) is 13.8 Å². The van der Waals surface area contributed by atoms with Gasteiger partial charge >= 0.3 is 0 Å². The van der Waals surface area contributed by atoms with Crippen molar-refractivity contribution < 1.29 is 38.7 Å². The van der Waals surface area contributed by atoms with Crippen LogP contribution in [0.2, 0.25) is 0 Å². The molecule has 0 aromatic heterocycles. The molecule has 1 rings (SSSR count). The van der Waals surface area contributed by atoms with E-state index in [0.29, 0.717) is 12.0 Å². The van der Waals surface area contributed by atoms with E-state index >= 15 is 0 Å². The van der Waals surface area contributed by atoms with Gasteiger partial charge < -0.3 is 37.0 Å². The first-order valence-corrected chi connectivity index (χ1v) is 14.5. The highest BCUT2D eigenvalue weighted by Crippen LogP contribution is 2.12. The lowest BCUT2D eigenvalue weighted by atomic mass is 10.0. The smallest absolute Gasteiger partial charge is 0.243 e. The van der Waals surface area contributed by atoms with Crippen molar-refractivity contribution in [3.63, 3.8) is 0 Å². The largest absolute Gasteiger partial charge is 0.508 e. The maximum Gasteiger partial charge on any atom is 0.243 e. The number of rotatable bonds is 17. The first-order chi connectivity index (χ1) is 20.5. The predicted octanol–water partition coefficient (Wildman–Crippen LogP) is -0.563. The fourth-order valence-corrected chi connectivity index (χ4v) is 3.88. The van der Waals surface area contributed by atoms with Gasteiger partial charge in [0.1, 0.15) is 29.9 Å². The summed E-state index contributed by atoms with van der Waals surface area (Å²) in [4.78, 5) is 86.8. The second-order valence-electron chi connectivity index (χ2n) is 11.4. The zero-order chi connectivity index (χ0) is 33.6. The third-order valence-corrected chi connectivity index (χ3v) is 6.44. The Kier molecular flexibility index (Phi) is 15.6. The van der Waals surface area contributed by atoms with Crippen molar-refractivity contribution in [2.45, 2.75) is 85.5 Å². The van der Waals surface area contributed by atoms with Gasteiger partial charge in [-0.05, 0) is 43.9 Å². The van der Waals surface area contributed by atoms with Gasteiger partial charge in [0.15, 0.2) is 5.78 Å². The Morgan fingerprint density at radius 3 is 1.77 bits per heavy atom. The van der Waals surface area contributed by atoms with Gasteiger partial charge in [-0.2, -0.15) is 0 Å². The zero-order valence-corrected chi connectivity index (χ0v) is 26.4. The molecule has 0 saturated carbocycles. The summed E-state index contributed by atoms with van der Waals surface area (Å²) in [6, 6.07) is 1.98. The van der Waals surface area contributed by atoms with Gasteiger partial charge in [0.2, 0.25) is 35.4 Å². The molecule has 0 bridgehead atoms. The van der Waals surface area contributed by atoms with Crippen LogP contribution in [0.3, 0.4) is 0 Å². The molecule has 0 saturated heterocycles. The number of amides is 6. The summed E-state index contributed by atoms with van der Waals surface area (Å²) in [7, 11) is 0. The maximum atomic E-state index is 13.1. The molecular formula is C30H46N6O8. The van der Waals surface area contributed by atoms with E-state index in [4.69, 9.17) is 0 Å². The molecule has 44 heavy (non-hydrogen) atoms. The van der Waals surface area contributed by atoms with Crippen LogP contribution in [-0.2, 0) is 40.0 Å². The number of benzene rings is 1. The average molecular weight is 619 g/mol. The lowest BCUT2D eigenvalue weighted by Crippen LogP contribution is -2.56. The van der Waals surface area contributed by atoms with Gasteiger partial charge in [-0.1, -0.05) is 39.8 Å². The summed E-state index contributed by atoms with van der Waals surface area (Å²) >= 11 is 0. The molecule has 0 spiro atoms. The molecular weight excluding hydrogens is 572 g/mol. The summed E-state index contributed by atoms with van der Waals surface area (Å²) in [5.74, 6) is -3.91. The van der Waals surface area contributed by atoms with Crippen LogP contribution in [0.15, 0.2) is 24.3 Å². The molecule has 0 radical (unpaired) electrons. The minimum atomic E-state index is -1.13. The average Bonchev–Trinajstić information content (AvgIpc) is 2.93. The molecule has 14 nitrogen and oxygen atoms in total. The van der Waals surface area contributed by atoms with Crippen LogP contribution >= 0.6 is 0 Å². The van der Waals surface area contributed by atoms with Crippen molar-refractivity contribution >= 4 is 41.2 Å². The second-order valence-corrected chi connectivity index (χ2v) is 11.4. The number of Topliss-reactive ketones (excluding diaryl/α,β-unsaturated/α-hetero) is 1. The number of aromatic hydroxyl groups is 1. The normalized spacial score (nSPS) is 13.6. The second kappa shape index (κ2) is 18.2. The minimum absolute atomic E-state index is 0.0209. The molecule has 0 aliphatic heterocycles. The van der Waals surface area contributed by atoms with Crippen LogP contribution in [0, 0.1) is 11.8 Å². The Hall–Kier alpha value is -4.49. The van der Waals surface area contributed by atoms with Crippen LogP contribution in [-0.4, -0.2) is 83.6 Å². The van der Waals surface area contributed by atoms with Crippen molar-refractivity contribution in [3.8, 4) is 5.75 Å². The lowest BCUT2D eigenvalue weighted by Gasteiger charge is -2.24. The molecule has 7 N–H and O–H groups in total. The summed E-state index contributed by atoms with van der Waals surface area (Å²) < 4.78 is 0. The Balaban J connectivity index is 2.81. The Morgan fingerprint density at radius 1 is 0.659 bits per heavy atom. The molecule has 4 atom stereocenters. The first kappa shape index (κ1) is 37.5. The van der Waals surface area contributed by atoms with Crippen LogP contribution in [0.4, 0.5) is 0 Å². The number of carbonyl (C=O) groups is 7. The summed E-state index contributed by atoms with van der Waals surface area (Å²) in [6.45, 7) is 10.6. The molecule has 4 unspecified atom stereocenters. The van der Waals surface area contributed by atoms with Crippen LogP contribution in [0.1, 0.15) is 60.5 Å². The summed E-state index contributed by atoms with van der Waals surface area (Å²) in [6.07, 6.45) is 0.354. The Bertz CT molecular complexity index is 1180. The van der Waals surface area contributed by atoms with Crippen molar-refractivity contribution in [3.05, 3.63) is 29.8 Å². The van der Waals surface area contributed by atoms with E-state index in [1.165, 1.54) is 32.9 Å². The fourth-order valence-electron chi connectivity index (χ4n) is 3.88. The molecule has 6 amide bonds. The van der Waals surface area contributed by atoms with E-state index in [0.717, 1.165) is 0 Å². The number of hydrogen-bond donors (Lipinski definition) is 7. The Labute approximate surface area is 257 Å². The van der Waals surface area contributed by atoms with Crippen molar-refractivity contribution in [1.29, 1.82) is 0 Å². The molecule has 0 aliphatic carbocycles. The van der Waals surface area contributed by atoms with E-state index in [9.17, 15) is 38.7 Å². The molecule has 14 heteroatoms. The van der Waals surface area contributed by atoms with E-state index < -0.39 is 66.2 Å². The number of ketones is 1. The summed E-state index contributed by atoms with van der Waals surface area (Å²) in [5.41, 5.74) is 0.615. The Morgan fingerprint density at radius 2 is 1.23 bits per heavy atom. The van der Waals surface area contributed by atoms with Gasteiger partial charge in [0.05, 0.1) is 13.1 Å². The fraction of sp³-hybridized carbons (Fsp3) is 0.567. The van der Waals surface area contributed by atoms with Crippen molar-refractivity contribution in [2.75, 3.05) is 13.1 Å².